The molecule has 11 rings (SSSR count). The van der Waals surface area contributed by atoms with E-state index >= 15 is 0 Å². The lowest BCUT2D eigenvalue weighted by Crippen LogP contribution is -1.96. The lowest BCUT2D eigenvalue weighted by atomic mass is 9.98. The van der Waals surface area contributed by atoms with Crippen LogP contribution in [-0.2, 0) is 0 Å². The van der Waals surface area contributed by atoms with Crippen molar-refractivity contribution in [2.45, 2.75) is 0 Å². The number of aromatic nitrogens is 3. The van der Waals surface area contributed by atoms with Crippen LogP contribution in [0.4, 0.5) is 0 Å². The van der Waals surface area contributed by atoms with Crippen molar-refractivity contribution in [3.8, 4) is 61.8 Å². The molecule has 0 spiro atoms. The van der Waals surface area contributed by atoms with Crippen LogP contribution < -0.4 is 0 Å². The van der Waals surface area contributed by atoms with Gasteiger partial charge in [0, 0.05) is 48.6 Å². The van der Waals surface area contributed by atoms with Crippen LogP contribution >= 0.6 is 11.3 Å². The van der Waals surface area contributed by atoms with Gasteiger partial charge in [0.05, 0.1) is 27.1 Å². The molecule has 0 atom stereocenters. The minimum atomic E-state index is 0.707. The number of thiophene rings is 1. The first-order valence-electron chi connectivity index (χ1n) is 18.9. The minimum Gasteiger partial charge on any atom is -0.308 e. The van der Waals surface area contributed by atoms with Crippen LogP contribution in [0.2, 0.25) is 0 Å². The normalized spacial score (nSPS) is 11.6. The topological polar surface area (TPSA) is 30.7 Å². The second-order valence-corrected chi connectivity index (χ2v) is 15.2. The highest BCUT2D eigenvalue weighted by atomic mass is 32.1. The number of rotatable bonds is 6. The Morgan fingerprint density at radius 1 is 0.357 bits per heavy atom. The van der Waals surface area contributed by atoms with Gasteiger partial charge in [-0.15, -0.1) is 11.3 Å². The Balaban J connectivity index is 1.08. The van der Waals surface area contributed by atoms with Crippen molar-refractivity contribution < 1.29 is 0 Å². The zero-order valence-electron chi connectivity index (χ0n) is 30.3. The fourth-order valence-corrected chi connectivity index (χ4v) is 9.54. The molecule has 0 radical (unpaired) electrons. The second-order valence-electron chi connectivity index (χ2n) is 14.2. The summed E-state index contributed by atoms with van der Waals surface area (Å²) < 4.78 is 5.02. The molecule has 4 heteroatoms. The van der Waals surface area contributed by atoms with E-state index in [1.165, 1.54) is 58.8 Å². The first-order chi connectivity index (χ1) is 27.8. The number of fused-ring (bicyclic) bond motifs is 7. The zero-order valence-corrected chi connectivity index (χ0v) is 31.1. The Labute approximate surface area is 328 Å². The molecule has 3 heterocycles. The maximum Gasteiger partial charge on any atom is 0.160 e. The summed E-state index contributed by atoms with van der Waals surface area (Å²) in [6, 6.07) is 71.2. The first kappa shape index (κ1) is 32.3. The van der Waals surface area contributed by atoms with E-state index in [2.05, 4.69) is 187 Å². The lowest BCUT2D eigenvalue weighted by molar-refractivity contribution is 1.18. The molecule has 0 N–H and O–H groups in total. The van der Waals surface area contributed by atoms with Gasteiger partial charge in [-0.3, -0.25) is 0 Å². The van der Waals surface area contributed by atoms with E-state index in [0.29, 0.717) is 5.82 Å². The average Bonchev–Trinajstić information content (AvgIpc) is 3.83. The van der Waals surface area contributed by atoms with Gasteiger partial charge < -0.3 is 4.57 Å². The van der Waals surface area contributed by atoms with Crippen LogP contribution in [0.3, 0.4) is 0 Å². The fraction of sp³-hybridized carbons (Fsp3) is 0. The summed E-state index contributed by atoms with van der Waals surface area (Å²) in [5, 5.41) is 5.09. The summed E-state index contributed by atoms with van der Waals surface area (Å²) in [5.41, 5.74) is 13.2. The van der Waals surface area contributed by atoms with Gasteiger partial charge in [-0.05, 0) is 58.7 Å². The zero-order chi connectivity index (χ0) is 37.0. The van der Waals surface area contributed by atoms with Gasteiger partial charge in [-0.1, -0.05) is 164 Å². The molecule has 262 valence electrons. The molecule has 11 aromatic rings. The van der Waals surface area contributed by atoms with Crippen molar-refractivity contribution >= 4 is 53.3 Å². The van der Waals surface area contributed by atoms with Crippen LogP contribution in [0, 0.1) is 0 Å². The molecule has 0 bridgehead atoms. The Bertz CT molecular complexity index is 3240. The quantitative estimate of drug-likeness (QED) is 0.170. The lowest BCUT2D eigenvalue weighted by Gasteiger charge is -2.12. The third-order valence-electron chi connectivity index (χ3n) is 10.8. The number of benzene rings is 8. The van der Waals surface area contributed by atoms with E-state index < -0.39 is 0 Å². The standard InChI is InChI=1S/C52H33N3S/c1-4-15-34(16-5-1)36-19-12-21-38(31-36)46-33-47(54-52(53-46)35-17-6-2-7-18-35)39-22-13-20-37(32-39)41-26-14-27-44-45-30-29-43-42-25-10-11-28-48(42)55(40-23-8-3-9-24-40)49(43)51(45)56-50(41)44/h1-33H. The Kier molecular flexibility index (Phi) is 7.68. The molecular formula is C52H33N3S. The van der Waals surface area contributed by atoms with Gasteiger partial charge in [-0.25, -0.2) is 9.97 Å². The molecule has 0 saturated carbocycles. The monoisotopic (exact) mass is 731 g/mol. The fourth-order valence-electron chi connectivity index (χ4n) is 8.17. The SMILES string of the molecule is c1ccc(-c2cccc(-c3cc(-c4cccc(-c5cccc6c5sc5c6ccc6c7ccccc7n(-c7ccccc7)c65)c4)nc(-c4ccccc4)n3)c2)cc1. The van der Waals surface area contributed by atoms with E-state index in [1.54, 1.807) is 0 Å². The summed E-state index contributed by atoms with van der Waals surface area (Å²) in [7, 11) is 0. The molecule has 0 fully saturated rings. The summed E-state index contributed by atoms with van der Waals surface area (Å²) in [5.74, 6) is 0.707. The Morgan fingerprint density at radius 2 is 0.893 bits per heavy atom. The molecule has 56 heavy (non-hydrogen) atoms. The summed E-state index contributed by atoms with van der Waals surface area (Å²) >= 11 is 1.89. The van der Waals surface area contributed by atoms with E-state index in [0.717, 1.165) is 39.2 Å². The van der Waals surface area contributed by atoms with Crippen LogP contribution in [0.15, 0.2) is 200 Å². The Morgan fingerprint density at radius 3 is 1.64 bits per heavy atom. The van der Waals surface area contributed by atoms with Crippen molar-refractivity contribution in [1.82, 2.24) is 14.5 Å². The van der Waals surface area contributed by atoms with E-state index in [-0.39, 0.29) is 0 Å². The second kappa shape index (κ2) is 13.3. The van der Waals surface area contributed by atoms with Crippen molar-refractivity contribution in [2.75, 3.05) is 0 Å². The minimum absolute atomic E-state index is 0.707. The summed E-state index contributed by atoms with van der Waals surface area (Å²) in [6.07, 6.45) is 0. The van der Waals surface area contributed by atoms with Crippen molar-refractivity contribution in [2.24, 2.45) is 0 Å². The smallest absolute Gasteiger partial charge is 0.160 e. The van der Waals surface area contributed by atoms with E-state index in [4.69, 9.17) is 9.97 Å². The largest absolute Gasteiger partial charge is 0.308 e. The van der Waals surface area contributed by atoms with Gasteiger partial charge in [0.2, 0.25) is 0 Å². The van der Waals surface area contributed by atoms with Gasteiger partial charge >= 0.3 is 0 Å². The van der Waals surface area contributed by atoms with Gasteiger partial charge in [0.25, 0.3) is 0 Å². The molecular weight excluding hydrogens is 699 g/mol. The maximum atomic E-state index is 5.19. The maximum absolute atomic E-state index is 5.19. The third-order valence-corrected chi connectivity index (χ3v) is 12.1. The van der Waals surface area contributed by atoms with Gasteiger partial charge in [0.15, 0.2) is 5.82 Å². The molecule has 0 saturated heterocycles. The predicted octanol–water partition coefficient (Wildman–Crippen LogP) is 14.3. The van der Waals surface area contributed by atoms with E-state index in [1.807, 2.05) is 29.5 Å². The predicted molar refractivity (Wildman–Crippen MR) is 236 cm³/mol. The number of nitrogens with zero attached hydrogens (tertiary/aromatic N) is 3. The molecule has 0 amide bonds. The van der Waals surface area contributed by atoms with Crippen molar-refractivity contribution in [1.29, 1.82) is 0 Å². The van der Waals surface area contributed by atoms with Gasteiger partial charge in [0.1, 0.15) is 0 Å². The highest BCUT2D eigenvalue weighted by Gasteiger charge is 2.19. The molecule has 0 aliphatic rings. The number of para-hydroxylation sites is 2. The first-order valence-corrected chi connectivity index (χ1v) is 19.7. The van der Waals surface area contributed by atoms with Crippen LogP contribution in [0.5, 0.6) is 0 Å². The van der Waals surface area contributed by atoms with Gasteiger partial charge in [-0.2, -0.15) is 0 Å². The molecule has 3 aromatic heterocycles. The van der Waals surface area contributed by atoms with Crippen molar-refractivity contribution in [3.63, 3.8) is 0 Å². The molecule has 8 aromatic carbocycles. The Hall–Kier alpha value is -7.14. The van der Waals surface area contributed by atoms with Crippen LogP contribution in [0.1, 0.15) is 0 Å². The molecule has 0 aliphatic carbocycles. The summed E-state index contributed by atoms with van der Waals surface area (Å²) in [6.45, 7) is 0. The molecule has 3 nitrogen and oxygen atoms in total. The number of hydrogen-bond donors (Lipinski definition) is 0. The van der Waals surface area contributed by atoms with Crippen LogP contribution in [0.25, 0.3) is 104 Å². The average molecular weight is 732 g/mol. The highest BCUT2D eigenvalue weighted by Crippen LogP contribution is 2.46. The summed E-state index contributed by atoms with van der Waals surface area (Å²) in [4.78, 5) is 10.3. The molecule has 0 unspecified atom stereocenters. The van der Waals surface area contributed by atoms with Crippen LogP contribution in [-0.4, -0.2) is 14.5 Å². The number of hydrogen-bond acceptors (Lipinski definition) is 3. The van der Waals surface area contributed by atoms with E-state index in [9.17, 15) is 0 Å². The molecule has 0 aliphatic heterocycles. The third kappa shape index (κ3) is 5.42. The highest BCUT2D eigenvalue weighted by molar-refractivity contribution is 7.27. The van der Waals surface area contributed by atoms with Crippen molar-refractivity contribution in [3.05, 3.63) is 200 Å².